The van der Waals surface area contributed by atoms with E-state index in [0.29, 0.717) is 6.04 Å². The van der Waals surface area contributed by atoms with E-state index in [0.717, 1.165) is 0 Å². The molecule has 0 aromatic heterocycles. The Morgan fingerprint density at radius 3 is 3.25 bits per heavy atom. The van der Waals surface area contributed by atoms with Gasteiger partial charge in [0.15, 0.2) is 0 Å². The molecule has 0 bridgehead atoms. The summed E-state index contributed by atoms with van der Waals surface area (Å²) in [7, 11) is 0. The van der Waals surface area contributed by atoms with Gasteiger partial charge >= 0.3 is 0 Å². The Morgan fingerprint density at radius 2 is 2.33 bits per heavy atom. The van der Waals surface area contributed by atoms with E-state index < -0.39 is 0 Å². The van der Waals surface area contributed by atoms with Gasteiger partial charge in [-0.2, -0.15) is 0 Å². The highest BCUT2D eigenvalue weighted by Gasteiger charge is 2.15. The molecule has 0 amide bonds. The molecular weight excluding hydrogens is 146 g/mol. The van der Waals surface area contributed by atoms with Gasteiger partial charge in [0.2, 0.25) is 0 Å². The lowest BCUT2D eigenvalue weighted by molar-refractivity contribution is 0.578. The van der Waals surface area contributed by atoms with Crippen molar-refractivity contribution < 1.29 is 0 Å². The zero-order chi connectivity index (χ0) is 8.39. The Balaban J connectivity index is 2.24. The Labute approximate surface area is 73.9 Å². The van der Waals surface area contributed by atoms with E-state index >= 15 is 0 Å². The summed E-state index contributed by atoms with van der Waals surface area (Å²) in [4.78, 5) is 0. The van der Waals surface area contributed by atoms with Gasteiger partial charge in [-0.3, -0.25) is 0 Å². The SMILES string of the molecule is CC1=CC=C2C=CCCCC2N1. The highest BCUT2D eigenvalue weighted by molar-refractivity contribution is 5.35. The van der Waals surface area contributed by atoms with Crippen molar-refractivity contribution in [1.82, 2.24) is 5.32 Å². The molecule has 1 aliphatic heterocycles. The van der Waals surface area contributed by atoms with Gasteiger partial charge in [0.05, 0.1) is 6.04 Å². The minimum absolute atomic E-state index is 0.578. The Kier molecular flexibility index (Phi) is 2.03. The molecule has 0 fully saturated rings. The number of dihydropyridines is 1. The first kappa shape index (κ1) is 7.66. The van der Waals surface area contributed by atoms with Crippen LogP contribution < -0.4 is 5.32 Å². The summed E-state index contributed by atoms with van der Waals surface area (Å²) in [6, 6.07) is 0.578. The standard InChI is InChI=1S/C11H15N/c1-9-7-8-10-5-3-2-4-6-11(10)12-9/h3,5,7-8,11-12H,2,4,6H2,1H3. The third-order valence-electron chi connectivity index (χ3n) is 2.50. The van der Waals surface area contributed by atoms with Crippen LogP contribution in [0.5, 0.6) is 0 Å². The van der Waals surface area contributed by atoms with Gasteiger partial charge in [-0.25, -0.2) is 0 Å². The minimum atomic E-state index is 0.578. The fraction of sp³-hybridized carbons (Fsp3) is 0.455. The monoisotopic (exact) mass is 161 g/mol. The molecule has 0 aromatic rings. The Hall–Kier alpha value is -0.980. The molecule has 0 saturated heterocycles. The Morgan fingerprint density at radius 1 is 1.42 bits per heavy atom. The molecule has 0 aromatic carbocycles. The number of fused-ring (bicyclic) bond motifs is 1. The zero-order valence-corrected chi connectivity index (χ0v) is 7.51. The van der Waals surface area contributed by atoms with E-state index in [9.17, 15) is 0 Å². The molecule has 1 heteroatoms. The van der Waals surface area contributed by atoms with Crippen LogP contribution in [0.3, 0.4) is 0 Å². The van der Waals surface area contributed by atoms with Gasteiger partial charge in [0, 0.05) is 5.70 Å². The third kappa shape index (κ3) is 1.45. The van der Waals surface area contributed by atoms with Crippen molar-refractivity contribution in [2.45, 2.75) is 32.2 Å². The van der Waals surface area contributed by atoms with Crippen molar-refractivity contribution in [2.24, 2.45) is 0 Å². The third-order valence-corrected chi connectivity index (χ3v) is 2.50. The molecule has 1 atom stereocenters. The smallest absolute Gasteiger partial charge is 0.0510 e. The van der Waals surface area contributed by atoms with Crippen LogP contribution in [-0.4, -0.2) is 6.04 Å². The highest BCUT2D eigenvalue weighted by atomic mass is 14.9. The topological polar surface area (TPSA) is 12.0 Å². The van der Waals surface area contributed by atoms with E-state index in [1.165, 1.54) is 30.5 Å². The number of hydrogen-bond donors (Lipinski definition) is 1. The first-order valence-electron chi connectivity index (χ1n) is 4.68. The molecule has 0 spiro atoms. The largest absolute Gasteiger partial charge is 0.382 e. The molecule has 1 nitrogen and oxygen atoms in total. The fourth-order valence-electron chi connectivity index (χ4n) is 1.81. The number of rotatable bonds is 0. The van der Waals surface area contributed by atoms with Gasteiger partial charge in [0.1, 0.15) is 0 Å². The van der Waals surface area contributed by atoms with Gasteiger partial charge in [-0.05, 0) is 37.8 Å². The van der Waals surface area contributed by atoms with Crippen LogP contribution in [0.4, 0.5) is 0 Å². The molecule has 1 aliphatic carbocycles. The molecule has 64 valence electrons. The lowest BCUT2D eigenvalue weighted by atomic mass is 10.0. The van der Waals surface area contributed by atoms with Crippen LogP contribution in [-0.2, 0) is 0 Å². The van der Waals surface area contributed by atoms with Crippen molar-refractivity contribution in [3.05, 3.63) is 35.6 Å². The first-order valence-corrected chi connectivity index (χ1v) is 4.68. The highest BCUT2D eigenvalue weighted by Crippen LogP contribution is 2.20. The van der Waals surface area contributed by atoms with Crippen LogP contribution in [0.15, 0.2) is 35.6 Å². The maximum atomic E-state index is 3.50. The maximum Gasteiger partial charge on any atom is 0.0510 e. The van der Waals surface area contributed by atoms with E-state index in [1.54, 1.807) is 0 Å². The molecule has 2 aliphatic rings. The van der Waals surface area contributed by atoms with Crippen LogP contribution in [0.1, 0.15) is 26.2 Å². The van der Waals surface area contributed by atoms with Crippen molar-refractivity contribution in [2.75, 3.05) is 0 Å². The lowest BCUT2D eigenvalue weighted by Gasteiger charge is -2.23. The summed E-state index contributed by atoms with van der Waals surface area (Å²) in [5.74, 6) is 0. The predicted octanol–water partition coefficient (Wildman–Crippen LogP) is 2.53. The van der Waals surface area contributed by atoms with Crippen molar-refractivity contribution in [3.63, 3.8) is 0 Å². The van der Waals surface area contributed by atoms with Gasteiger partial charge in [-0.1, -0.05) is 18.2 Å². The molecule has 12 heavy (non-hydrogen) atoms. The number of nitrogens with one attached hydrogen (secondary N) is 1. The average molecular weight is 161 g/mol. The first-order chi connectivity index (χ1) is 5.86. The van der Waals surface area contributed by atoms with Gasteiger partial charge < -0.3 is 5.32 Å². The van der Waals surface area contributed by atoms with Crippen LogP contribution in [0, 0.1) is 0 Å². The zero-order valence-electron chi connectivity index (χ0n) is 7.51. The van der Waals surface area contributed by atoms with E-state index in [2.05, 4.69) is 36.5 Å². The summed E-state index contributed by atoms with van der Waals surface area (Å²) >= 11 is 0. The van der Waals surface area contributed by atoms with Crippen molar-refractivity contribution in [1.29, 1.82) is 0 Å². The Bertz CT molecular complexity index is 258. The van der Waals surface area contributed by atoms with E-state index in [-0.39, 0.29) is 0 Å². The van der Waals surface area contributed by atoms with Crippen LogP contribution >= 0.6 is 0 Å². The summed E-state index contributed by atoms with van der Waals surface area (Å²) in [6.07, 6.45) is 12.7. The van der Waals surface area contributed by atoms with E-state index in [4.69, 9.17) is 0 Å². The molecule has 0 radical (unpaired) electrons. The summed E-state index contributed by atoms with van der Waals surface area (Å²) in [6.45, 7) is 2.13. The second kappa shape index (κ2) is 3.18. The average Bonchev–Trinajstić information content (AvgIpc) is 2.28. The van der Waals surface area contributed by atoms with Gasteiger partial charge in [-0.15, -0.1) is 0 Å². The molecule has 1 N–H and O–H groups in total. The number of allylic oxidation sites excluding steroid dienone is 4. The molecule has 2 rings (SSSR count). The maximum absolute atomic E-state index is 3.50. The second-order valence-electron chi connectivity index (χ2n) is 3.55. The quantitative estimate of drug-likeness (QED) is 0.575. The number of hydrogen-bond acceptors (Lipinski definition) is 1. The molecule has 0 saturated carbocycles. The second-order valence-corrected chi connectivity index (χ2v) is 3.55. The molecule has 1 unspecified atom stereocenters. The summed E-state index contributed by atoms with van der Waals surface area (Å²) < 4.78 is 0. The van der Waals surface area contributed by atoms with Crippen LogP contribution in [0.25, 0.3) is 0 Å². The van der Waals surface area contributed by atoms with Crippen LogP contribution in [0.2, 0.25) is 0 Å². The minimum Gasteiger partial charge on any atom is -0.382 e. The molecular formula is C11H15N. The van der Waals surface area contributed by atoms with Crippen molar-refractivity contribution in [3.8, 4) is 0 Å². The fourth-order valence-corrected chi connectivity index (χ4v) is 1.81. The predicted molar refractivity (Wildman–Crippen MR) is 51.8 cm³/mol. The lowest BCUT2D eigenvalue weighted by Crippen LogP contribution is -2.30. The summed E-state index contributed by atoms with van der Waals surface area (Å²) in [5.41, 5.74) is 2.73. The van der Waals surface area contributed by atoms with Crippen molar-refractivity contribution >= 4 is 0 Å². The van der Waals surface area contributed by atoms with E-state index in [1.807, 2.05) is 0 Å². The molecule has 1 heterocycles. The van der Waals surface area contributed by atoms with Gasteiger partial charge in [0.25, 0.3) is 0 Å². The normalized spacial score (nSPS) is 27.9. The summed E-state index contributed by atoms with van der Waals surface area (Å²) in [5, 5.41) is 3.50.